The number of hydrogen-bond acceptors (Lipinski definition) is 4. The van der Waals surface area contributed by atoms with E-state index in [0.29, 0.717) is 0 Å². The Morgan fingerprint density at radius 3 is 1.58 bits per heavy atom. The molecule has 170 valence electrons. The second-order valence-electron chi connectivity index (χ2n) is 12.2. The third kappa shape index (κ3) is 2.57. The normalized spacial score (nSPS) is 41.9. The SMILES string of the molecule is CCOC(=O)C(C)(/C=C1\C(=O)[C@@]2(C)CC[C@H]1C2(C)C)/C=C1\C(=O)[C@@]2(C)CC[C@@H]1C2(C)C. The molecule has 0 saturated heterocycles. The summed E-state index contributed by atoms with van der Waals surface area (Å²) in [7, 11) is 0. The van der Waals surface area contributed by atoms with E-state index in [0.717, 1.165) is 36.8 Å². The van der Waals surface area contributed by atoms with Crippen molar-refractivity contribution in [1.29, 1.82) is 0 Å². The minimum Gasteiger partial charge on any atom is -0.465 e. The predicted molar refractivity (Wildman–Crippen MR) is 120 cm³/mol. The van der Waals surface area contributed by atoms with E-state index in [4.69, 9.17) is 4.74 Å². The Morgan fingerprint density at radius 1 is 0.903 bits per heavy atom. The molecule has 1 unspecified atom stereocenters. The van der Waals surface area contributed by atoms with Gasteiger partial charge in [0.2, 0.25) is 0 Å². The van der Waals surface area contributed by atoms with Gasteiger partial charge in [0, 0.05) is 10.8 Å². The molecule has 4 aliphatic rings. The number of fused-ring (bicyclic) bond motifs is 4. The van der Waals surface area contributed by atoms with Crippen LogP contribution in [0.25, 0.3) is 0 Å². The van der Waals surface area contributed by atoms with Gasteiger partial charge in [-0.3, -0.25) is 14.4 Å². The van der Waals surface area contributed by atoms with Crippen molar-refractivity contribution in [2.75, 3.05) is 6.61 Å². The minimum atomic E-state index is -1.13. The van der Waals surface area contributed by atoms with Crippen molar-refractivity contribution in [3.8, 4) is 0 Å². The van der Waals surface area contributed by atoms with Crippen LogP contribution in [0.2, 0.25) is 0 Å². The molecule has 4 fully saturated rings. The maximum Gasteiger partial charge on any atom is 0.319 e. The molecule has 4 heteroatoms. The number of Topliss-reactive ketones (excluding diaryl/α,β-unsaturated/α-hetero) is 2. The molecule has 0 aromatic carbocycles. The van der Waals surface area contributed by atoms with Crippen molar-refractivity contribution < 1.29 is 19.1 Å². The van der Waals surface area contributed by atoms with Gasteiger partial charge in [-0.05, 0) is 73.3 Å². The van der Waals surface area contributed by atoms with Crippen molar-refractivity contribution in [3.63, 3.8) is 0 Å². The first-order valence-corrected chi connectivity index (χ1v) is 11.9. The number of ether oxygens (including phenoxy) is 1. The number of carbonyl (C=O) groups is 3. The van der Waals surface area contributed by atoms with Crippen LogP contribution in [0.3, 0.4) is 0 Å². The lowest BCUT2D eigenvalue weighted by Crippen LogP contribution is -2.33. The quantitative estimate of drug-likeness (QED) is 0.442. The maximum absolute atomic E-state index is 13.4. The van der Waals surface area contributed by atoms with Crippen LogP contribution in [0.4, 0.5) is 0 Å². The molecule has 31 heavy (non-hydrogen) atoms. The fourth-order valence-corrected chi connectivity index (χ4v) is 7.28. The van der Waals surface area contributed by atoms with Gasteiger partial charge in [-0.2, -0.15) is 0 Å². The summed E-state index contributed by atoms with van der Waals surface area (Å²) in [4.78, 5) is 40.1. The number of esters is 1. The summed E-state index contributed by atoms with van der Waals surface area (Å²) in [6.07, 6.45) is 7.42. The molecule has 4 rings (SSSR count). The fraction of sp³-hybridized carbons (Fsp3) is 0.741. The summed E-state index contributed by atoms with van der Waals surface area (Å²) in [5.74, 6) is 0.221. The molecule has 0 aliphatic heterocycles. The van der Waals surface area contributed by atoms with Crippen LogP contribution in [0.5, 0.6) is 0 Å². The number of hydrogen-bond donors (Lipinski definition) is 0. The summed E-state index contributed by atoms with van der Waals surface area (Å²) >= 11 is 0. The Morgan fingerprint density at radius 2 is 1.29 bits per heavy atom. The average molecular weight is 427 g/mol. The summed E-state index contributed by atoms with van der Waals surface area (Å²) in [5, 5.41) is 0. The van der Waals surface area contributed by atoms with Gasteiger partial charge in [-0.1, -0.05) is 53.7 Å². The van der Waals surface area contributed by atoms with E-state index in [-0.39, 0.29) is 57.6 Å². The van der Waals surface area contributed by atoms with Gasteiger partial charge in [0.15, 0.2) is 11.6 Å². The number of rotatable bonds is 4. The molecular weight excluding hydrogens is 388 g/mol. The maximum atomic E-state index is 13.4. The molecule has 0 N–H and O–H groups in total. The summed E-state index contributed by atoms with van der Waals surface area (Å²) < 4.78 is 5.46. The molecule has 0 aromatic rings. The lowest BCUT2D eigenvalue weighted by Gasteiger charge is -2.31. The summed E-state index contributed by atoms with van der Waals surface area (Å²) in [5.41, 5.74) is -0.639. The van der Waals surface area contributed by atoms with Crippen LogP contribution in [0, 0.1) is 38.9 Å². The topological polar surface area (TPSA) is 60.4 Å². The van der Waals surface area contributed by atoms with E-state index in [1.807, 2.05) is 19.1 Å². The van der Waals surface area contributed by atoms with E-state index in [1.165, 1.54) is 0 Å². The third-order valence-electron chi connectivity index (χ3n) is 10.4. The molecule has 4 aliphatic carbocycles. The lowest BCUT2D eigenvalue weighted by molar-refractivity contribution is -0.149. The molecule has 4 saturated carbocycles. The minimum absolute atomic E-state index is 0.129. The van der Waals surface area contributed by atoms with Crippen molar-refractivity contribution in [1.82, 2.24) is 0 Å². The van der Waals surface area contributed by atoms with E-state index in [1.54, 1.807) is 6.92 Å². The van der Waals surface area contributed by atoms with Crippen molar-refractivity contribution in [2.45, 2.75) is 81.1 Å². The second-order valence-corrected chi connectivity index (χ2v) is 12.2. The molecule has 0 aromatic heterocycles. The van der Waals surface area contributed by atoms with Gasteiger partial charge in [-0.15, -0.1) is 0 Å². The van der Waals surface area contributed by atoms with Crippen LogP contribution in [0.15, 0.2) is 23.3 Å². The van der Waals surface area contributed by atoms with Crippen molar-refractivity contribution >= 4 is 17.5 Å². The molecule has 5 atom stereocenters. The van der Waals surface area contributed by atoms with E-state index in [2.05, 4.69) is 41.5 Å². The van der Waals surface area contributed by atoms with Crippen molar-refractivity contribution in [3.05, 3.63) is 23.3 Å². The number of carbonyl (C=O) groups excluding carboxylic acids is 3. The zero-order valence-corrected chi connectivity index (χ0v) is 20.5. The highest BCUT2D eigenvalue weighted by Gasteiger charge is 2.66. The highest BCUT2D eigenvalue weighted by Crippen LogP contribution is 2.67. The Balaban J connectivity index is 1.83. The molecule has 4 nitrogen and oxygen atoms in total. The first kappa shape index (κ1) is 22.5. The first-order valence-electron chi connectivity index (χ1n) is 11.9. The molecule has 4 bridgehead atoms. The Labute approximate surface area is 186 Å². The Kier molecular flexibility index (Phi) is 4.66. The standard InChI is InChI=1S/C27H38O4/c1-9-31-22(30)25(6,14-16-18-10-12-26(7,20(16)28)23(18,2)3)15-17-19-11-13-27(8,21(17)29)24(19,4)5/h14-15,18-19H,9-13H2,1-8H3/b16-14-,17-15-/t18-,19+,25?,26-,27-/m1/s1. The van der Waals surface area contributed by atoms with Gasteiger partial charge < -0.3 is 4.74 Å². The Hall–Kier alpha value is -1.71. The zero-order valence-electron chi connectivity index (χ0n) is 20.5. The summed E-state index contributed by atoms with van der Waals surface area (Å²) in [6, 6.07) is 0. The predicted octanol–water partition coefficient (Wildman–Crippen LogP) is 5.46. The monoisotopic (exact) mass is 426 g/mol. The average Bonchev–Trinajstić information content (AvgIpc) is 3.16. The van der Waals surface area contributed by atoms with E-state index in [9.17, 15) is 14.4 Å². The second kappa shape index (κ2) is 6.42. The number of ketones is 2. The van der Waals surface area contributed by atoms with Crippen LogP contribution in [0.1, 0.15) is 81.1 Å². The van der Waals surface area contributed by atoms with Crippen LogP contribution in [-0.4, -0.2) is 24.1 Å². The smallest absolute Gasteiger partial charge is 0.319 e. The van der Waals surface area contributed by atoms with Gasteiger partial charge in [0.25, 0.3) is 0 Å². The van der Waals surface area contributed by atoms with Gasteiger partial charge in [0.1, 0.15) is 5.41 Å². The molecule has 0 spiro atoms. The first-order chi connectivity index (χ1) is 14.2. The van der Waals surface area contributed by atoms with Crippen molar-refractivity contribution in [2.24, 2.45) is 38.9 Å². The van der Waals surface area contributed by atoms with Crippen LogP contribution >= 0.6 is 0 Å². The Bertz CT molecular complexity index is 869. The van der Waals surface area contributed by atoms with Crippen LogP contribution < -0.4 is 0 Å². The largest absolute Gasteiger partial charge is 0.465 e. The van der Waals surface area contributed by atoms with Gasteiger partial charge >= 0.3 is 5.97 Å². The molecule has 0 amide bonds. The highest BCUT2D eigenvalue weighted by molar-refractivity contribution is 6.07. The zero-order chi connectivity index (χ0) is 23.2. The van der Waals surface area contributed by atoms with Crippen LogP contribution in [-0.2, 0) is 19.1 Å². The summed E-state index contributed by atoms with van der Waals surface area (Å²) in [6.45, 7) is 16.7. The molecular formula is C27H38O4. The number of allylic oxidation sites excluding steroid dienone is 2. The van der Waals surface area contributed by atoms with E-state index < -0.39 is 5.41 Å². The van der Waals surface area contributed by atoms with E-state index >= 15 is 0 Å². The van der Waals surface area contributed by atoms with Gasteiger partial charge in [0.05, 0.1) is 6.61 Å². The van der Waals surface area contributed by atoms with Gasteiger partial charge in [-0.25, -0.2) is 0 Å². The third-order valence-corrected chi connectivity index (χ3v) is 10.4. The molecule has 0 heterocycles. The highest BCUT2D eigenvalue weighted by atomic mass is 16.5. The lowest BCUT2D eigenvalue weighted by atomic mass is 9.70. The fourth-order valence-electron chi connectivity index (χ4n) is 7.28. The molecule has 0 radical (unpaired) electrons.